The van der Waals surface area contributed by atoms with E-state index in [0.717, 1.165) is 47.2 Å². The molecule has 7 nitrogen and oxygen atoms in total. The Labute approximate surface area is 169 Å². The van der Waals surface area contributed by atoms with E-state index < -0.39 is 0 Å². The number of fused-ring (bicyclic) bond motifs is 1. The summed E-state index contributed by atoms with van der Waals surface area (Å²) in [6, 6.07) is 12.7. The third-order valence-electron chi connectivity index (χ3n) is 5.54. The van der Waals surface area contributed by atoms with Gasteiger partial charge in [0.15, 0.2) is 11.5 Å². The molecule has 2 N–H and O–H groups in total. The van der Waals surface area contributed by atoms with Gasteiger partial charge in [0.05, 0.1) is 30.3 Å². The van der Waals surface area contributed by atoms with Crippen LogP contribution in [0.25, 0.3) is 22.2 Å². The number of aromatic amines is 1. The second kappa shape index (κ2) is 7.67. The van der Waals surface area contributed by atoms with E-state index in [0.29, 0.717) is 6.61 Å². The summed E-state index contributed by atoms with van der Waals surface area (Å²) < 4.78 is 8.02. The SMILES string of the molecule is Cn1cc(-c2cnc3[nH]nc(N[C@@H]4CCC[C@H]4OCc4ccccc4)c3c2)cn1. The van der Waals surface area contributed by atoms with Crippen LogP contribution < -0.4 is 5.32 Å². The average Bonchev–Trinajstić information content (AvgIpc) is 3.48. The zero-order valence-corrected chi connectivity index (χ0v) is 16.4. The normalized spacial score (nSPS) is 19.1. The van der Waals surface area contributed by atoms with Crippen LogP contribution in [0, 0.1) is 0 Å². The number of nitrogens with one attached hydrogen (secondary N) is 2. The molecular weight excluding hydrogens is 364 g/mol. The van der Waals surface area contributed by atoms with E-state index in [2.05, 4.69) is 43.8 Å². The van der Waals surface area contributed by atoms with E-state index in [1.165, 1.54) is 5.56 Å². The quantitative estimate of drug-likeness (QED) is 0.523. The monoisotopic (exact) mass is 388 g/mol. The van der Waals surface area contributed by atoms with Crippen molar-refractivity contribution in [3.05, 3.63) is 60.6 Å². The van der Waals surface area contributed by atoms with E-state index >= 15 is 0 Å². The standard InChI is InChI=1S/C22H24N6O/c1-28-13-17(12-24-28)16-10-18-21(23-11-16)26-27-22(18)25-19-8-5-9-20(19)29-14-15-6-3-2-4-7-15/h2-4,6-7,10-13,19-20H,5,8-9,14H2,1H3,(H2,23,25,26,27)/t19-,20-/m1/s1. The fraction of sp³-hybridized carbons (Fsp3) is 0.318. The van der Waals surface area contributed by atoms with Crippen molar-refractivity contribution in [3.8, 4) is 11.1 Å². The molecule has 148 valence electrons. The molecule has 1 fully saturated rings. The minimum Gasteiger partial charge on any atom is -0.371 e. The van der Waals surface area contributed by atoms with Crippen LogP contribution >= 0.6 is 0 Å². The highest BCUT2D eigenvalue weighted by atomic mass is 16.5. The van der Waals surface area contributed by atoms with Crippen LogP contribution in [0.2, 0.25) is 0 Å². The number of aryl methyl sites for hydroxylation is 1. The number of hydrogen-bond donors (Lipinski definition) is 2. The van der Waals surface area contributed by atoms with Crippen molar-refractivity contribution in [2.45, 2.75) is 38.0 Å². The number of anilines is 1. The van der Waals surface area contributed by atoms with Crippen LogP contribution in [-0.2, 0) is 18.4 Å². The Hall–Kier alpha value is -3.19. The molecule has 1 aliphatic carbocycles. The van der Waals surface area contributed by atoms with E-state index in [-0.39, 0.29) is 12.1 Å². The number of pyridine rings is 1. The number of H-pyrrole nitrogens is 1. The molecule has 0 bridgehead atoms. The first kappa shape index (κ1) is 17.9. The molecule has 1 aliphatic rings. The van der Waals surface area contributed by atoms with Crippen molar-refractivity contribution >= 4 is 16.9 Å². The molecule has 3 heterocycles. The number of benzene rings is 1. The Morgan fingerprint density at radius 3 is 2.90 bits per heavy atom. The van der Waals surface area contributed by atoms with Gasteiger partial charge in [0, 0.05) is 30.6 Å². The molecule has 3 aromatic heterocycles. The average molecular weight is 388 g/mol. The maximum absolute atomic E-state index is 6.23. The van der Waals surface area contributed by atoms with Crippen LogP contribution in [-0.4, -0.2) is 37.1 Å². The Morgan fingerprint density at radius 1 is 1.17 bits per heavy atom. The third-order valence-corrected chi connectivity index (χ3v) is 5.54. The van der Waals surface area contributed by atoms with Crippen molar-refractivity contribution in [3.63, 3.8) is 0 Å². The summed E-state index contributed by atoms with van der Waals surface area (Å²) in [4.78, 5) is 4.53. The molecule has 29 heavy (non-hydrogen) atoms. The smallest absolute Gasteiger partial charge is 0.157 e. The van der Waals surface area contributed by atoms with Crippen molar-refractivity contribution in [2.24, 2.45) is 7.05 Å². The minimum absolute atomic E-state index is 0.177. The first-order valence-electron chi connectivity index (χ1n) is 10.0. The Morgan fingerprint density at radius 2 is 2.07 bits per heavy atom. The van der Waals surface area contributed by atoms with Gasteiger partial charge in [-0.1, -0.05) is 30.3 Å². The lowest BCUT2D eigenvalue weighted by atomic mass is 10.1. The van der Waals surface area contributed by atoms with Gasteiger partial charge in [0.25, 0.3) is 0 Å². The van der Waals surface area contributed by atoms with Crippen molar-refractivity contribution in [2.75, 3.05) is 5.32 Å². The van der Waals surface area contributed by atoms with Crippen molar-refractivity contribution in [1.29, 1.82) is 0 Å². The molecule has 2 atom stereocenters. The van der Waals surface area contributed by atoms with Gasteiger partial charge in [-0.2, -0.15) is 10.2 Å². The predicted molar refractivity (Wildman–Crippen MR) is 112 cm³/mol. The molecule has 1 saturated carbocycles. The Kier molecular flexibility index (Phi) is 4.73. The highest BCUT2D eigenvalue weighted by molar-refractivity contribution is 5.90. The number of rotatable bonds is 6. The van der Waals surface area contributed by atoms with E-state index in [4.69, 9.17) is 4.74 Å². The van der Waals surface area contributed by atoms with Crippen molar-refractivity contribution in [1.82, 2.24) is 25.0 Å². The molecule has 0 spiro atoms. The van der Waals surface area contributed by atoms with Crippen LogP contribution in [0.15, 0.2) is 55.0 Å². The highest BCUT2D eigenvalue weighted by Crippen LogP contribution is 2.30. The topological polar surface area (TPSA) is 80.7 Å². The third kappa shape index (κ3) is 3.73. The van der Waals surface area contributed by atoms with Gasteiger partial charge in [-0.25, -0.2) is 4.98 Å². The van der Waals surface area contributed by atoms with E-state index in [9.17, 15) is 0 Å². The fourth-order valence-corrected chi connectivity index (χ4v) is 3.99. The fourth-order valence-electron chi connectivity index (χ4n) is 3.99. The van der Waals surface area contributed by atoms with Gasteiger partial charge >= 0.3 is 0 Å². The maximum Gasteiger partial charge on any atom is 0.157 e. The lowest BCUT2D eigenvalue weighted by Gasteiger charge is -2.21. The second-order valence-corrected chi connectivity index (χ2v) is 7.61. The number of nitrogens with zero attached hydrogens (tertiary/aromatic N) is 4. The zero-order chi connectivity index (χ0) is 19.6. The van der Waals surface area contributed by atoms with Crippen LogP contribution in [0.4, 0.5) is 5.82 Å². The number of aromatic nitrogens is 5. The molecule has 7 heteroatoms. The molecule has 1 aromatic carbocycles. The summed E-state index contributed by atoms with van der Waals surface area (Å²) in [5.74, 6) is 0.832. The van der Waals surface area contributed by atoms with Gasteiger partial charge in [0.2, 0.25) is 0 Å². The van der Waals surface area contributed by atoms with E-state index in [1.807, 2.05) is 43.8 Å². The van der Waals surface area contributed by atoms with E-state index in [1.54, 1.807) is 4.68 Å². The predicted octanol–water partition coefficient (Wildman–Crippen LogP) is 3.91. The lowest BCUT2D eigenvalue weighted by Crippen LogP contribution is -2.30. The van der Waals surface area contributed by atoms with Crippen LogP contribution in [0.5, 0.6) is 0 Å². The molecular formula is C22H24N6O. The summed E-state index contributed by atoms with van der Waals surface area (Å²) in [5, 5.41) is 16.4. The Bertz CT molecular complexity index is 1100. The summed E-state index contributed by atoms with van der Waals surface area (Å²) in [5.41, 5.74) is 4.05. The van der Waals surface area contributed by atoms with Crippen LogP contribution in [0.3, 0.4) is 0 Å². The molecule has 0 unspecified atom stereocenters. The Balaban J connectivity index is 1.33. The molecule has 0 radical (unpaired) electrons. The minimum atomic E-state index is 0.177. The van der Waals surface area contributed by atoms with Gasteiger partial charge in [-0.15, -0.1) is 0 Å². The largest absolute Gasteiger partial charge is 0.371 e. The highest BCUT2D eigenvalue weighted by Gasteiger charge is 2.29. The van der Waals surface area contributed by atoms with Crippen molar-refractivity contribution < 1.29 is 4.74 Å². The number of ether oxygens (including phenoxy) is 1. The first-order chi connectivity index (χ1) is 14.3. The summed E-state index contributed by atoms with van der Waals surface area (Å²) in [6.07, 6.45) is 9.15. The van der Waals surface area contributed by atoms with Gasteiger partial charge in [-0.3, -0.25) is 9.78 Å². The second-order valence-electron chi connectivity index (χ2n) is 7.61. The molecule has 0 saturated heterocycles. The molecule has 0 amide bonds. The van der Waals surface area contributed by atoms with Gasteiger partial charge in [0.1, 0.15) is 0 Å². The maximum atomic E-state index is 6.23. The molecule has 5 rings (SSSR count). The number of hydrogen-bond acceptors (Lipinski definition) is 5. The molecule has 4 aromatic rings. The zero-order valence-electron chi connectivity index (χ0n) is 16.4. The summed E-state index contributed by atoms with van der Waals surface area (Å²) in [7, 11) is 1.91. The first-order valence-corrected chi connectivity index (χ1v) is 10.0. The van der Waals surface area contributed by atoms with Crippen LogP contribution in [0.1, 0.15) is 24.8 Å². The van der Waals surface area contributed by atoms with Gasteiger partial charge < -0.3 is 10.1 Å². The summed E-state index contributed by atoms with van der Waals surface area (Å²) in [6.45, 7) is 0.637. The van der Waals surface area contributed by atoms with Gasteiger partial charge in [-0.05, 0) is 30.9 Å². The molecule has 0 aliphatic heterocycles. The lowest BCUT2D eigenvalue weighted by molar-refractivity contribution is 0.0394. The summed E-state index contributed by atoms with van der Waals surface area (Å²) >= 11 is 0.